The van der Waals surface area contributed by atoms with Crippen molar-refractivity contribution < 1.29 is 9.90 Å². The Balaban J connectivity index is 2.06. The number of rotatable bonds is 4. The number of carbonyl (C=O) groups is 1. The summed E-state index contributed by atoms with van der Waals surface area (Å²) in [5.41, 5.74) is 7.89. The van der Waals surface area contributed by atoms with Crippen LogP contribution in [0.3, 0.4) is 0 Å². The first kappa shape index (κ1) is 12.5. The first-order valence-corrected chi connectivity index (χ1v) is 6.44. The summed E-state index contributed by atoms with van der Waals surface area (Å²) in [6.07, 6.45) is 0. The van der Waals surface area contributed by atoms with E-state index < -0.39 is 5.97 Å². The van der Waals surface area contributed by atoms with Gasteiger partial charge < -0.3 is 10.8 Å². The zero-order valence-corrected chi connectivity index (χ0v) is 10.5. The van der Waals surface area contributed by atoms with Crippen molar-refractivity contribution >= 4 is 23.4 Å². The highest BCUT2D eigenvalue weighted by atomic mass is 32.2. The highest BCUT2D eigenvalue weighted by molar-refractivity contribution is 7.98. The molecule has 0 amide bonds. The molecule has 0 aromatic heterocycles. The van der Waals surface area contributed by atoms with Crippen LogP contribution in [0.25, 0.3) is 0 Å². The van der Waals surface area contributed by atoms with Gasteiger partial charge in [-0.1, -0.05) is 18.2 Å². The smallest absolute Gasteiger partial charge is 0.335 e. The molecule has 3 nitrogen and oxygen atoms in total. The number of carboxylic acids is 1. The number of carboxylic acid groups (broad SMARTS) is 1. The number of anilines is 1. The molecule has 0 atom stereocenters. The standard InChI is InChI=1S/C14H13NO2S/c15-12-5-1-3-10(7-12)9-18-13-6-2-4-11(8-13)14(16)17/h1-8H,9,15H2,(H,16,17). The van der Waals surface area contributed by atoms with Crippen LogP contribution < -0.4 is 5.73 Å². The van der Waals surface area contributed by atoms with Crippen LogP contribution >= 0.6 is 11.8 Å². The number of nitrogens with two attached hydrogens (primary N) is 1. The molecule has 0 aliphatic carbocycles. The Kier molecular flexibility index (Phi) is 3.89. The van der Waals surface area contributed by atoms with E-state index in [1.54, 1.807) is 30.0 Å². The van der Waals surface area contributed by atoms with Gasteiger partial charge in [-0.3, -0.25) is 0 Å². The van der Waals surface area contributed by atoms with Gasteiger partial charge in [-0.2, -0.15) is 0 Å². The predicted octanol–water partition coefficient (Wildman–Crippen LogP) is 3.26. The highest BCUT2D eigenvalue weighted by Crippen LogP contribution is 2.24. The van der Waals surface area contributed by atoms with E-state index in [1.807, 2.05) is 30.3 Å². The van der Waals surface area contributed by atoms with Crippen LogP contribution in [0.4, 0.5) is 5.69 Å². The van der Waals surface area contributed by atoms with E-state index in [-0.39, 0.29) is 0 Å². The lowest BCUT2D eigenvalue weighted by molar-refractivity contribution is 0.0696. The minimum absolute atomic E-state index is 0.313. The molecular weight excluding hydrogens is 246 g/mol. The van der Waals surface area contributed by atoms with Crippen molar-refractivity contribution in [2.75, 3.05) is 5.73 Å². The van der Waals surface area contributed by atoms with E-state index in [4.69, 9.17) is 10.8 Å². The zero-order chi connectivity index (χ0) is 13.0. The summed E-state index contributed by atoms with van der Waals surface area (Å²) in [6.45, 7) is 0. The fourth-order valence-corrected chi connectivity index (χ4v) is 2.47. The van der Waals surface area contributed by atoms with Crippen LogP contribution in [0.2, 0.25) is 0 Å². The van der Waals surface area contributed by atoms with Gasteiger partial charge >= 0.3 is 5.97 Å². The third-order valence-electron chi connectivity index (χ3n) is 2.44. The Bertz CT molecular complexity index is 569. The number of benzene rings is 2. The summed E-state index contributed by atoms with van der Waals surface area (Å²) >= 11 is 1.59. The molecule has 0 spiro atoms. The maximum atomic E-state index is 10.8. The largest absolute Gasteiger partial charge is 0.478 e. The normalized spacial score (nSPS) is 10.2. The van der Waals surface area contributed by atoms with E-state index in [2.05, 4.69) is 0 Å². The summed E-state index contributed by atoms with van der Waals surface area (Å²) in [5, 5.41) is 8.91. The molecule has 2 aromatic carbocycles. The summed E-state index contributed by atoms with van der Waals surface area (Å²) in [4.78, 5) is 11.8. The molecule has 0 unspecified atom stereocenters. The Morgan fingerprint density at radius 1 is 1.17 bits per heavy atom. The minimum atomic E-state index is -0.901. The van der Waals surface area contributed by atoms with Gasteiger partial charge in [-0.05, 0) is 35.9 Å². The van der Waals surface area contributed by atoms with Crippen molar-refractivity contribution in [3.8, 4) is 0 Å². The van der Waals surface area contributed by atoms with Crippen molar-refractivity contribution in [2.45, 2.75) is 10.6 Å². The lowest BCUT2D eigenvalue weighted by atomic mass is 10.2. The first-order chi connectivity index (χ1) is 8.65. The predicted molar refractivity (Wildman–Crippen MR) is 73.8 cm³/mol. The van der Waals surface area contributed by atoms with Gasteiger partial charge in [0, 0.05) is 16.3 Å². The number of nitrogen functional groups attached to an aromatic ring is 1. The molecule has 92 valence electrons. The second-order valence-electron chi connectivity index (χ2n) is 3.87. The fourth-order valence-electron chi connectivity index (χ4n) is 1.57. The fraction of sp³-hybridized carbons (Fsp3) is 0.0714. The van der Waals surface area contributed by atoms with Gasteiger partial charge in [0.1, 0.15) is 0 Å². The van der Waals surface area contributed by atoms with Gasteiger partial charge in [-0.25, -0.2) is 4.79 Å². The Morgan fingerprint density at radius 2 is 1.94 bits per heavy atom. The number of hydrogen-bond donors (Lipinski definition) is 2. The van der Waals surface area contributed by atoms with Crippen molar-refractivity contribution in [1.29, 1.82) is 0 Å². The van der Waals surface area contributed by atoms with Crippen molar-refractivity contribution in [3.05, 3.63) is 59.7 Å². The van der Waals surface area contributed by atoms with Crippen LogP contribution in [-0.2, 0) is 5.75 Å². The van der Waals surface area contributed by atoms with Gasteiger partial charge in [0.2, 0.25) is 0 Å². The molecule has 0 heterocycles. The molecule has 18 heavy (non-hydrogen) atoms. The van der Waals surface area contributed by atoms with Crippen LogP contribution in [0.5, 0.6) is 0 Å². The molecule has 0 saturated heterocycles. The molecule has 0 bridgehead atoms. The van der Waals surface area contributed by atoms with Gasteiger partial charge in [0.25, 0.3) is 0 Å². The van der Waals surface area contributed by atoms with E-state index in [1.165, 1.54) is 0 Å². The van der Waals surface area contributed by atoms with Gasteiger partial charge in [-0.15, -0.1) is 11.8 Å². The Hall–Kier alpha value is -1.94. The molecule has 0 aliphatic rings. The zero-order valence-electron chi connectivity index (χ0n) is 9.67. The topological polar surface area (TPSA) is 63.3 Å². The molecule has 4 heteroatoms. The molecular formula is C14H13NO2S. The molecule has 0 radical (unpaired) electrons. The van der Waals surface area contributed by atoms with Crippen molar-refractivity contribution in [3.63, 3.8) is 0 Å². The molecule has 2 rings (SSSR count). The Morgan fingerprint density at radius 3 is 2.67 bits per heavy atom. The van der Waals surface area contributed by atoms with Crippen LogP contribution in [-0.4, -0.2) is 11.1 Å². The van der Waals surface area contributed by atoms with Crippen LogP contribution in [0.1, 0.15) is 15.9 Å². The summed E-state index contributed by atoms with van der Waals surface area (Å²) < 4.78 is 0. The highest BCUT2D eigenvalue weighted by Gasteiger charge is 2.03. The van der Waals surface area contributed by atoms with E-state index in [0.29, 0.717) is 5.56 Å². The average molecular weight is 259 g/mol. The van der Waals surface area contributed by atoms with Gasteiger partial charge in [0.05, 0.1) is 5.56 Å². The minimum Gasteiger partial charge on any atom is -0.478 e. The maximum Gasteiger partial charge on any atom is 0.335 e. The molecule has 0 aliphatic heterocycles. The number of aromatic carboxylic acids is 1. The van der Waals surface area contributed by atoms with Crippen molar-refractivity contribution in [1.82, 2.24) is 0 Å². The molecule has 2 aromatic rings. The second kappa shape index (κ2) is 5.60. The lowest BCUT2D eigenvalue weighted by Crippen LogP contribution is -1.95. The average Bonchev–Trinajstić information content (AvgIpc) is 2.37. The molecule has 0 saturated carbocycles. The first-order valence-electron chi connectivity index (χ1n) is 5.46. The van der Waals surface area contributed by atoms with E-state index in [9.17, 15) is 4.79 Å². The third kappa shape index (κ3) is 3.28. The van der Waals surface area contributed by atoms with Gasteiger partial charge in [0.15, 0.2) is 0 Å². The number of hydrogen-bond acceptors (Lipinski definition) is 3. The number of thioether (sulfide) groups is 1. The lowest BCUT2D eigenvalue weighted by Gasteiger charge is -2.04. The van der Waals surface area contributed by atoms with E-state index >= 15 is 0 Å². The summed E-state index contributed by atoms with van der Waals surface area (Å²) in [6, 6.07) is 14.6. The maximum absolute atomic E-state index is 10.8. The molecule has 3 N–H and O–H groups in total. The van der Waals surface area contributed by atoms with Crippen LogP contribution in [0.15, 0.2) is 53.4 Å². The van der Waals surface area contributed by atoms with E-state index in [0.717, 1.165) is 21.9 Å². The summed E-state index contributed by atoms with van der Waals surface area (Å²) in [5.74, 6) is -0.130. The molecule has 0 fully saturated rings. The quantitative estimate of drug-likeness (QED) is 0.653. The van der Waals surface area contributed by atoms with Crippen LogP contribution in [0, 0.1) is 0 Å². The second-order valence-corrected chi connectivity index (χ2v) is 4.92. The van der Waals surface area contributed by atoms with Crippen molar-refractivity contribution in [2.24, 2.45) is 0 Å². The SMILES string of the molecule is Nc1cccc(CSc2cccc(C(=O)O)c2)c1. The Labute approximate surface area is 110 Å². The monoisotopic (exact) mass is 259 g/mol. The summed E-state index contributed by atoms with van der Waals surface area (Å²) in [7, 11) is 0. The third-order valence-corrected chi connectivity index (χ3v) is 3.50.